The molecular weight excluding hydrogens is 485 g/mol. The van der Waals surface area contributed by atoms with E-state index < -0.39 is 5.97 Å². The van der Waals surface area contributed by atoms with Crippen LogP contribution in [0.2, 0.25) is 0 Å². The number of benzene rings is 2. The van der Waals surface area contributed by atoms with Crippen molar-refractivity contribution >= 4 is 11.8 Å². The predicted molar refractivity (Wildman–Crippen MR) is 143 cm³/mol. The molecule has 3 fully saturated rings. The van der Waals surface area contributed by atoms with Crippen molar-refractivity contribution in [3.8, 4) is 16.9 Å². The fourth-order valence-electron chi connectivity index (χ4n) is 6.45. The average molecular weight is 522 g/mol. The molecule has 4 aliphatic rings. The number of hydrogen-bond donors (Lipinski definition) is 1. The highest BCUT2D eigenvalue weighted by atomic mass is 19.1. The minimum Gasteiger partial charge on any atom is -0.493 e. The van der Waals surface area contributed by atoms with E-state index in [1.54, 1.807) is 12.1 Å². The van der Waals surface area contributed by atoms with Crippen LogP contribution in [0.25, 0.3) is 11.1 Å². The van der Waals surface area contributed by atoms with Crippen molar-refractivity contribution < 1.29 is 23.9 Å². The molecule has 3 aliphatic heterocycles. The molecule has 0 aromatic heterocycles. The molecule has 8 heteroatoms. The Morgan fingerprint density at radius 3 is 2.74 bits per heavy atom. The quantitative estimate of drug-likeness (QED) is 0.547. The number of amidine groups is 1. The van der Waals surface area contributed by atoms with Gasteiger partial charge in [-0.2, -0.15) is 0 Å². The standard InChI is InChI=1S/C30H36FN3O4/c1-3-37-26-12-20(11-25(21-7-8-21)28(26)22-5-4-6-23(31)13-22)16-33-17-30(18-33)14-27(32-38-30)34-10-9-24(29(35)36)19(2)15-34/h4-6,11-13,19,21,24H,3,7-10,14-18H2,1-2H3,(H,35,36). The van der Waals surface area contributed by atoms with Gasteiger partial charge in [-0.1, -0.05) is 30.3 Å². The van der Waals surface area contributed by atoms with Crippen LogP contribution in [-0.2, 0) is 16.2 Å². The minimum atomic E-state index is -0.700. The highest BCUT2D eigenvalue weighted by molar-refractivity contribution is 5.85. The summed E-state index contributed by atoms with van der Waals surface area (Å²) in [5.41, 5.74) is 4.07. The smallest absolute Gasteiger partial charge is 0.306 e. The third kappa shape index (κ3) is 4.86. The Morgan fingerprint density at radius 1 is 1.24 bits per heavy atom. The van der Waals surface area contributed by atoms with E-state index in [0.29, 0.717) is 32.0 Å². The number of carboxylic acid groups (broad SMARTS) is 1. The van der Waals surface area contributed by atoms with E-state index in [9.17, 15) is 14.3 Å². The normalized spacial score (nSPS) is 24.6. The summed E-state index contributed by atoms with van der Waals surface area (Å²) in [7, 11) is 0. The molecule has 2 atom stereocenters. The van der Waals surface area contributed by atoms with Crippen LogP contribution in [0.1, 0.15) is 56.6 Å². The van der Waals surface area contributed by atoms with Crippen molar-refractivity contribution in [2.24, 2.45) is 17.0 Å². The van der Waals surface area contributed by atoms with E-state index in [0.717, 1.165) is 61.6 Å². The number of aliphatic carboxylic acids is 1. The molecule has 2 aromatic carbocycles. The summed E-state index contributed by atoms with van der Waals surface area (Å²) in [6, 6.07) is 11.2. The van der Waals surface area contributed by atoms with Crippen LogP contribution in [-0.4, -0.2) is 65.1 Å². The number of piperidine rings is 1. The van der Waals surface area contributed by atoms with Gasteiger partial charge in [-0.05, 0) is 72.9 Å². The highest BCUT2D eigenvalue weighted by Crippen LogP contribution is 2.48. The summed E-state index contributed by atoms with van der Waals surface area (Å²) >= 11 is 0. The second-order valence-corrected chi connectivity index (χ2v) is 11.5. The molecule has 0 bridgehead atoms. The Morgan fingerprint density at radius 2 is 2.05 bits per heavy atom. The van der Waals surface area contributed by atoms with Crippen LogP contribution in [0.3, 0.4) is 0 Å². The second-order valence-electron chi connectivity index (χ2n) is 11.5. The summed E-state index contributed by atoms with van der Waals surface area (Å²) in [5, 5.41) is 13.9. The lowest BCUT2D eigenvalue weighted by Gasteiger charge is -2.45. The van der Waals surface area contributed by atoms with Crippen molar-refractivity contribution in [2.45, 2.75) is 57.6 Å². The van der Waals surface area contributed by atoms with Gasteiger partial charge < -0.3 is 19.6 Å². The molecule has 2 aromatic rings. The largest absolute Gasteiger partial charge is 0.493 e. The van der Waals surface area contributed by atoms with Crippen LogP contribution >= 0.6 is 0 Å². The van der Waals surface area contributed by atoms with E-state index in [-0.39, 0.29) is 23.3 Å². The van der Waals surface area contributed by atoms with Gasteiger partial charge in [0.15, 0.2) is 5.60 Å². The van der Waals surface area contributed by atoms with Crippen LogP contribution in [0, 0.1) is 17.7 Å². The Kier molecular flexibility index (Phi) is 6.54. The molecule has 1 saturated carbocycles. The number of ether oxygens (including phenoxy) is 1. The van der Waals surface area contributed by atoms with Gasteiger partial charge >= 0.3 is 5.97 Å². The number of oxime groups is 1. The molecule has 2 unspecified atom stereocenters. The Bertz CT molecular complexity index is 1250. The molecule has 1 aliphatic carbocycles. The number of halogens is 1. The molecule has 1 spiro atoms. The zero-order chi connectivity index (χ0) is 26.4. The topological polar surface area (TPSA) is 74.6 Å². The minimum absolute atomic E-state index is 0.0916. The van der Waals surface area contributed by atoms with Gasteiger partial charge in [0.05, 0.1) is 18.9 Å². The highest BCUT2D eigenvalue weighted by Gasteiger charge is 2.51. The summed E-state index contributed by atoms with van der Waals surface area (Å²) in [6.45, 7) is 8.37. The van der Waals surface area contributed by atoms with Gasteiger partial charge in [-0.3, -0.25) is 9.69 Å². The number of hydrogen-bond acceptors (Lipinski definition) is 6. The lowest BCUT2D eigenvalue weighted by atomic mass is 9.85. The molecule has 0 amide bonds. The monoisotopic (exact) mass is 521 g/mol. The third-order valence-electron chi connectivity index (χ3n) is 8.46. The van der Waals surface area contributed by atoms with Gasteiger partial charge in [-0.25, -0.2) is 4.39 Å². The van der Waals surface area contributed by atoms with Gasteiger partial charge in [-0.15, -0.1) is 0 Å². The van der Waals surface area contributed by atoms with Crippen LogP contribution < -0.4 is 4.74 Å². The average Bonchev–Trinajstić information content (AvgIpc) is 3.62. The van der Waals surface area contributed by atoms with Crippen molar-refractivity contribution in [2.75, 3.05) is 32.8 Å². The lowest BCUT2D eigenvalue weighted by Crippen LogP contribution is -2.61. The summed E-state index contributed by atoms with van der Waals surface area (Å²) < 4.78 is 20.2. The van der Waals surface area contributed by atoms with Crippen molar-refractivity contribution in [3.63, 3.8) is 0 Å². The van der Waals surface area contributed by atoms with Crippen molar-refractivity contribution in [1.29, 1.82) is 0 Å². The predicted octanol–water partition coefficient (Wildman–Crippen LogP) is 5.10. The SMILES string of the molecule is CCOc1cc(CN2CC3(CC(N4CCC(C(=O)O)C(C)C4)=NO3)C2)cc(C2CC2)c1-c1cccc(F)c1. The van der Waals surface area contributed by atoms with Gasteiger partial charge in [0, 0.05) is 38.3 Å². The van der Waals surface area contributed by atoms with E-state index in [1.807, 2.05) is 19.9 Å². The molecule has 3 heterocycles. The molecule has 6 rings (SSSR count). The molecule has 2 saturated heterocycles. The van der Waals surface area contributed by atoms with E-state index in [1.165, 1.54) is 17.2 Å². The molecule has 7 nitrogen and oxygen atoms in total. The van der Waals surface area contributed by atoms with Crippen LogP contribution in [0.15, 0.2) is 41.6 Å². The summed E-state index contributed by atoms with van der Waals surface area (Å²) in [5.74, 6) is 1.15. The first-order valence-electron chi connectivity index (χ1n) is 13.8. The fourth-order valence-corrected chi connectivity index (χ4v) is 6.45. The molecule has 0 radical (unpaired) electrons. The number of likely N-dealkylation sites (tertiary alicyclic amines) is 2. The third-order valence-corrected chi connectivity index (χ3v) is 8.46. The van der Waals surface area contributed by atoms with Gasteiger partial charge in [0.1, 0.15) is 17.4 Å². The lowest BCUT2D eigenvalue weighted by molar-refractivity contribution is -0.145. The fraction of sp³-hybridized carbons (Fsp3) is 0.533. The van der Waals surface area contributed by atoms with Crippen molar-refractivity contribution in [1.82, 2.24) is 9.80 Å². The number of carboxylic acids is 1. The van der Waals surface area contributed by atoms with E-state index >= 15 is 0 Å². The van der Waals surface area contributed by atoms with E-state index in [2.05, 4.69) is 27.1 Å². The Labute approximate surface area is 223 Å². The molecule has 202 valence electrons. The first-order valence-corrected chi connectivity index (χ1v) is 13.8. The number of carbonyl (C=O) groups is 1. The van der Waals surface area contributed by atoms with E-state index in [4.69, 9.17) is 9.57 Å². The Balaban J connectivity index is 1.13. The maximum atomic E-state index is 14.1. The summed E-state index contributed by atoms with van der Waals surface area (Å²) in [6.07, 6.45) is 3.72. The van der Waals surface area contributed by atoms with Gasteiger partial charge in [0.25, 0.3) is 0 Å². The van der Waals surface area contributed by atoms with Crippen LogP contribution in [0.5, 0.6) is 5.75 Å². The first-order chi connectivity index (χ1) is 18.3. The van der Waals surface area contributed by atoms with Gasteiger partial charge in [0.2, 0.25) is 0 Å². The first kappa shape index (κ1) is 25.2. The Hall–Kier alpha value is -3.13. The van der Waals surface area contributed by atoms with Crippen LogP contribution in [0.4, 0.5) is 4.39 Å². The molecule has 38 heavy (non-hydrogen) atoms. The van der Waals surface area contributed by atoms with Crippen molar-refractivity contribution in [3.05, 3.63) is 53.3 Å². The zero-order valence-corrected chi connectivity index (χ0v) is 22.2. The maximum Gasteiger partial charge on any atom is 0.306 e. The summed E-state index contributed by atoms with van der Waals surface area (Å²) in [4.78, 5) is 22.0. The number of rotatable bonds is 7. The number of nitrogens with zero attached hydrogens (tertiary/aromatic N) is 3. The zero-order valence-electron chi connectivity index (χ0n) is 22.2. The molecular formula is C30H36FN3O4. The maximum absolute atomic E-state index is 14.1. The molecule has 1 N–H and O–H groups in total. The second kappa shape index (κ2) is 9.88.